The van der Waals surface area contributed by atoms with Gasteiger partial charge in [0.05, 0.1) is 25.3 Å². The zero-order chi connectivity index (χ0) is 12.0. The van der Waals surface area contributed by atoms with Gasteiger partial charge in [0, 0.05) is 12.1 Å². The Balaban J connectivity index is 2.24. The predicted octanol–water partition coefficient (Wildman–Crippen LogP) is 1.41. The van der Waals surface area contributed by atoms with Crippen LogP contribution in [0.4, 0.5) is 0 Å². The Kier molecular flexibility index (Phi) is 4.98. The van der Waals surface area contributed by atoms with Gasteiger partial charge >= 0.3 is 5.97 Å². The van der Waals surface area contributed by atoms with Gasteiger partial charge < -0.3 is 14.6 Å². The van der Waals surface area contributed by atoms with E-state index in [9.17, 15) is 4.79 Å². The maximum absolute atomic E-state index is 11.2. The number of ether oxygens (including phenoxy) is 1. The number of carbonyl (C=O) groups excluding carboxylic acids is 1. The van der Waals surface area contributed by atoms with Crippen molar-refractivity contribution in [3.63, 3.8) is 0 Å². The molecule has 0 amide bonds. The van der Waals surface area contributed by atoms with Gasteiger partial charge in [-0.2, -0.15) is 0 Å². The van der Waals surface area contributed by atoms with Crippen molar-refractivity contribution in [3.8, 4) is 0 Å². The molecular weight excluding hydrogens is 208 g/mol. The summed E-state index contributed by atoms with van der Waals surface area (Å²) in [4.78, 5) is 11.2. The van der Waals surface area contributed by atoms with Crippen molar-refractivity contribution in [1.82, 2.24) is 10.5 Å². The molecule has 5 nitrogen and oxygen atoms in total. The molecule has 90 valence electrons. The van der Waals surface area contributed by atoms with Crippen molar-refractivity contribution < 1.29 is 14.1 Å². The van der Waals surface area contributed by atoms with Crippen LogP contribution in [0, 0.1) is 6.92 Å². The lowest BCUT2D eigenvalue weighted by atomic mass is 10.2. The zero-order valence-corrected chi connectivity index (χ0v) is 9.95. The smallest absolute Gasteiger partial charge is 0.307 e. The van der Waals surface area contributed by atoms with Gasteiger partial charge in [0.15, 0.2) is 5.76 Å². The Labute approximate surface area is 95.1 Å². The third-order valence-corrected chi connectivity index (χ3v) is 2.08. The molecule has 0 fully saturated rings. The minimum Gasteiger partial charge on any atom is -0.466 e. The highest BCUT2D eigenvalue weighted by Gasteiger charge is 2.10. The number of hydrogen-bond acceptors (Lipinski definition) is 5. The highest BCUT2D eigenvalue weighted by molar-refractivity contribution is 5.69. The van der Waals surface area contributed by atoms with E-state index in [1.807, 2.05) is 19.9 Å². The number of esters is 1. The van der Waals surface area contributed by atoms with E-state index in [0.29, 0.717) is 19.6 Å². The van der Waals surface area contributed by atoms with E-state index in [2.05, 4.69) is 10.5 Å². The van der Waals surface area contributed by atoms with Gasteiger partial charge in [-0.1, -0.05) is 5.16 Å². The largest absolute Gasteiger partial charge is 0.466 e. The summed E-state index contributed by atoms with van der Waals surface area (Å²) in [7, 11) is 0. The second-order valence-corrected chi connectivity index (χ2v) is 3.73. The van der Waals surface area contributed by atoms with Crippen LogP contribution in [0.25, 0.3) is 0 Å². The fourth-order valence-corrected chi connectivity index (χ4v) is 1.32. The second-order valence-electron chi connectivity index (χ2n) is 3.73. The van der Waals surface area contributed by atoms with E-state index in [1.54, 1.807) is 6.92 Å². The van der Waals surface area contributed by atoms with Crippen molar-refractivity contribution in [1.29, 1.82) is 0 Å². The molecule has 0 aromatic carbocycles. The van der Waals surface area contributed by atoms with Gasteiger partial charge in [0.2, 0.25) is 0 Å². The van der Waals surface area contributed by atoms with Gasteiger partial charge in [-0.05, 0) is 20.8 Å². The van der Waals surface area contributed by atoms with Crippen LogP contribution >= 0.6 is 0 Å². The standard InChI is InChI=1S/C11H18N2O3/c1-4-15-11(14)6-8(2)12-7-10-5-9(3)13-16-10/h5,8,12H,4,6-7H2,1-3H3. The van der Waals surface area contributed by atoms with Crippen LogP contribution in [-0.2, 0) is 16.1 Å². The maximum atomic E-state index is 11.2. The molecule has 1 rings (SSSR count). The summed E-state index contributed by atoms with van der Waals surface area (Å²) < 4.78 is 9.89. The minimum absolute atomic E-state index is 0.0597. The number of nitrogens with zero attached hydrogens (tertiary/aromatic N) is 1. The first kappa shape index (κ1) is 12.7. The van der Waals surface area contributed by atoms with Crippen LogP contribution in [0.5, 0.6) is 0 Å². The molecule has 1 N–H and O–H groups in total. The number of nitrogens with one attached hydrogen (secondary N) is 1. The number of carbonyl (C=O) groups is 1. The molecule has 0 saturated carbocycles. The van der Waals surface area contributed by atoms with Gasteiger partial charge in [-0.15, -0.1) is 0 Å². The van der Waals surface area contributed by atoms with Gasteiger partial charge in [-0.25, -0.2) is 0 Å². The molecule has 1 unspecified atom stereocenters. The number of rotatable bonds is 6. The predicted molar refractivity (Wildman–Crippen MR) is 58.8 cm³/mol. The minimum atomic E-state index is -0.184. The first-order valence-electron chi connectivity index (χ1n) is 5.43. The normalized spacial score (nSPS) is 12.4. The Morgan fingerprint density at radius 2 is 2.44 bits per heavy atom. The van der Waals surface area contributed by atoms with Crippen LogP contribution in [0.15, 0.2) is 10.6 Å². The summed E-state index contributed by atoms with van der Waals surface area (Å²) in [5, 5.41) is 6.95. The van der Waals surface area contributed by atoms with E-state index in [1.165, 1.54) is 0 Å². The summed E-state index contributed by atoms with van der Waals surface area (Å²) in [6.07, 6.45) is 0.362. The lowest BCUT2D eigenvalue weighted by Gasteiger charge is -2.11. The van der Waals surface area contributed by atoms with Gasteiger partial charge in [0.25, 0.3) is 0 Å². The molecule has 0 aliphatic rings. The molecule has 0 saturated heterocycles. The van der Waals surface area contributed by atoms with Crippen LogP contribution < -0.4 is 5.32 Å². The molecule has 0 aliphatic heterocycles. The van der Waals surface area contributed by atoms with E-state index < -0.39 is 0 Å². The lowest BCUT2D eigenvalue weighted by Crippen LogP contribution is -2.28. The van der Waals surface area contributed by atoms with Crippen molar-refractivity contribution in [2.75, 3.05) is 6.61 Å². The fourth-order valence-electron chi connectivity index (χ4n) is 1.32. The van der Waals surface area contributed by atoms with Crippen molar-refractivity contribution in [3.05, 3.63) is 17.5 Å². The average molecular weight is 226 g/mol. The summed E-state index contributed by atoms with van der Waals surface area (Å²) in [6, 6.07) is 1.92. The van der Waals surface area contributed by atoms with Crippen LogP contribution in [0.3, 0.4) is 0 Å². The Morgan fingerprint density at radius 3 is 3.00 bits per heavy atom. The highest BCUT2D eigenvalue weighted by Crippen LogP contribution is 2.03. The van der Waals surface area contributed by atoms with Gasteiger partial charge in [-0.3, -0.25) is 4.79 Å². The van der Waals surface area contributed by atoms with E-state index in [4.69, 9.17) is 9.26 Å². The van der Waals surface area contributed by atoms with E-state index >= 15 is 0 Å². The molecule has 0 aliphatic carbocycles. The Bertz CT molecular complexity index is 336. The Hall–Kier alpha value is -1.36. The summed E-state index contributed by atoms with van der Waals surface area (Å²) in [5.74, 6) is 0.587. The van der Waals surface area contributed by atoms with Crippen molar-refractivity contribution in [2.45, 2.75) is 39.8 Å². The third-order valence-electron chi connectivity index (χ3n) is 2.08. The zero-order valence-electron chi connectivity index (χ0n) is 9.95. The number of aromatic nitrogens is 1. The molecule has 5 heteroatoms. The Morgan fingerprint density at radius 1 is 1.69 bits per heavy atom. The van der Waals surface area contributed by atoms with Crippen molar-refractivity contribution >= 4 is 5.97 Å². The molecule has 0 spiro atoms. The fraction of sp³-hybridized carbons (Fsp3) is 0.636. The SMILES string of the molecule is CCOC(=O)CC(C)NCc1cc(C)no1. The molecule has 1 atom stereocenters. The third kappa shape index (κ3) is 4.44. The van der Waals surface area contributed by atoms with Crippen LogP contribution in [-0.4, -0.2) is 23.8 Å². The topological polar surface area (TPSA) is 64.4 Å². The van der Waals surface area contributed by atoms with Crippen LogP contribution in [0.2, 0.25) is 0 Å². The second kappa shape index (κ2) is 6.27. The highest BCUT2D eigenvalue weighted by atomic mass is 16.5. The molecule has 0 bridgehead atoms. The average Bonchev–Trinajstić information content (AvgIpc) is 2.61. The number of aryl methyl sites for hydroxylation is 1. The van der Waals surface area contributed by atoms with Crippen molar-refractivity contribution in [2.24, 2.45) is 0 Å². The lowest BCUT2D eigenvalue weighted by molar-refractivity contribution is -0.143. The van der Waals surface area contributed by atoms with Crippen LogP contribution in [0.1, 0.15) is 31.7 Å². The summed E-state index contributed by atoms with van der Waals surface area (Å²) in [5.41, 5.74) is 0.856. The quantitative estimate of drug-likeness (QED) is 0.743. The first-order valence-corrected chi connectivity index (χ1v) is 5.43. The first-order chi connectivity index (χ1) is 7.61. The monoisotopic (exact) mass is 226 g/mol. The molecule has 1 heterocycles. The van der Waals surface area contributed by atoms with Gasteiger partial charge in [0.1, 0.15) is 0 Å². The maximum Gasteiger partial charge on any atom is 0.307 e. The van der Waals surface area contributed by atoms with E-state index in [-0.39, 0.29) is 12.0 Å². The molecule has 16 heavy (non-hydrogen) atoms. The number of hydrogen-bond donors (Lipinski definition) is 1. The summed E-state index contributed by atoms with van der Waals surface area (Å²) in [6.45, 7) is 6.59. The molecular formula is C11H18N2O3. The summed E-state index contributed by atoms with van der Waals surface area (Å²) >= 11 is 0. The van der Waals surface area contributed by atoms with E-state index in [0.717, 1.165) is 11.5 Å². The molecule has 0 radical (unpaired) electrons. The molecule has 1 aromatic heterocycles. The molecule has 1 aromatic rings.